The minimum absolute atomic E-state index is 0.291. The van der Waals surface area contributed by atoms with E-state index in [2.05, 4.69) is 10.3 Å². The van der Waals surface area contributed by atoms with Gasteiger partial charge in [-0.05, 0) is 19.1 Å². The van der Waals surface area contributed by atoms with Gasteiger partial charge in [0.1, 0.15) is 22.4 Å². The van der Waals surface area contributed by atoms with Gasteiger partial charge in [0.25, 0.3) is 5.91 Å². The minimum atomic E-state index is -0.291. The zero-order chi connectivity index (χ0) is 13.8. The molecule has 0 atom stereocenters. The molecule has 0 unspecified atom stereocenters. The number of ether oxygens (including phenoxy) is 1. The summed E-state index contributed by atoms with van der Waals surface area (Å²) in [6.07, 6.45) is 0. The predicted molar refractivity (Wildman–Crippen MR) is 72.5 cm³/mol. The first-order chi connectivity index (χ1) is 9.17. The van der Waals surface area contributed by atoms with Gasteiger partial charge in [0.15, 0.2) is 0 Å². The van der Waals surface area contributed by atoms with Crippen LogP contribution in [0.3, 0.4) is 0 Å². The molecule has 0 aliphatic carbocycles. The van der Waals surface area contributed by atoms with Crippen LogP contribution in [0.25, 0.3) is 0 Å². The fourth-order valence-corrected chi connectivity index (χ4v) is 2.31. The molecule has 2 rings (SSSR count). The van der Waals surface area contributed by atoms with Crippen molar-refractivity contribution in [2.45, 2.75) is 6.92 Å². The van der Waals surface area contributed by atoms with Gasteiger partial charge in [-0.1, -0.05) is 6.07 Å². The van der Waals surface area contributed by atoms with Gasteiger partial charge in [0, 0.05) is 0 Å². The molecule has 1 N–H and O–H groups in total. The molecule has 0 spiro atoms. The Morgan fingerprint density at radius 1 is 1.53 bits per heavy atom. The second-order valence-electron chi connectivity index (χ2n) is 3.72. The molecule has 0 fully saturated rings. The number of hydrogen-bond donors (Lipinski definition) is 1. The van der Waals surface area contributed by atoms with Crippen molar-refractivity contribution < 1.29 is 9.53 Å². The number of methoxy groups -OCH3 is 1. The number of carbonyl (C=O) groups is 1. The number of aromatic nitrogens is 1. The van der Waals surface area contributed by atoms with E-state index in [4.69, 9.17) is 10.00 Å². The number of nitriles is 1. The summed E-state index contributed by atoms with van der Waals surface area (Å²) in [6.45, 7) is 1.76. The van der Waals surface area contributed by atoms with Crippen molar-refractivity contribution in [2.24, 2.45) is 0 Å². The molecule has 2 aromatic rings. The molecule has 0 bridgehead atoms. The third-order valence-electron chi connectivity index (χ3n) is 2.56. The minimum Gasteiger partial charge on any atom is -0.495 e. The van der Waals surface area contributed by atoms with Crippen LogP contribution >= 0.6 is 11.3 Å². The number of nitrogens with zero attached hydrogens (tertiary/aromatic N) is 2. The van der Waals surface area contributed by atoms with Crippen LogP contribution in [0.5, 0.6) is 5.75 Å². The molecule has 0 aliphatic rings. The molecule has 0 aliphatic heterocycles. The first-order valence-electron chi connectivity index (χ1n) is 5.46. The smallest absolute Gasteiger partial charge is 0.267 e. The largest absolute Gasteiger partial charge is 0.495 e. The summed E-state index contributed by atoms with van der Waals surface area (Å²) < 4.78 is 5.16. The molecule has 1 amide bonds. The molecular weight excluding hydrogens is 262 g/mol. The highest BCUT2D eigenvalue weighted by molar-refractivity contribution is 7.12. The van der Waals surface area contributed by atoms with E-state index in [-0.39, 0.29) is 5.91 Å². The highest BCUT2D eigenvalue weighted by Crippen LogP contribution is 2.28. The van der Waals surface area contributed by atoms with Crippen LogP contribution in [-0.2, 0) is 0 Å². The van der Waals surface area contributed by atoms with Crippen molar-refractivity contribution in [3.63, 3.8) is 0 Å². The lowest BCUT2D eigenvalue weighted by molar-refractivity contribution is 0.102. The molecular formula is C13H11N3O2S. The maximum Gasteiger partial charge on any atom is 0.267 e. The Bertz CT molecular complexity index is 658. The summed E-state index contributed by atoms with van der Waals surface area (Å²) in [5, 5.41) is 11.8. The Morgan fingerprint density at radius 3 is 2.89 bits per heavy atom. The van der Waals surface area contributed by atoms with Gasteiger partial charge >= 0.3 is 0 Å². The molecule has 1 heterocycles. The van der Waals surface area contributed by atoms with Crippen LogP contribution in [0.2, 0.25) is 0 Å². The second kappa shape index (κ2) is 5.50. The van der Waals surface area contributed by atoms with Crippen molar-refractivity contribution in [1.29, 1.82) is 5.26 Å². The van der Waals surface area contributed by atoms with Crippen LogP contribution in [0, 0.1) is 18.3 Å². The third-order valence-corrected chi connectivity index (χ3v) is 3.48. The number of rotatable bonds is 3. The van der Waals surface area contributed by atoms with Crippen molar-refractivity contribution in [1.82, 2.24) is 4.98 Å². The zero-order valence-electron chi connectivity index (χ0n) is 10.4. The molecule has 0 radical (unpaired) electrons. The topological polar surface area (TPSA) is 75.0 Å². The first-order valence-corrected chi connectivity index (χ1v) is 6.34. The predicted octanol–water partition coefficient (Wildman–Crippen LogP) is 2.58. The zero-order valence-corrected chi connectivity index (χ0v) is 11.2. The third kappa shape index (κ3) is 2.56. The van der Waals surface area contributed by atoms with Crippen molar-refractivity contribution in [3.8, 4) is 11.8 Å². The highest BCUT2D eigenvalue weighted by atomic mass is 32.1. The van der Waals surface area contributed by atoms with E-state index in [1.54, 1.807) is 30.6 Å². The van der Waals surface area contributed by atoms with Gasteiger partial charge in [-0.15, -0.1) is 11.3 Å². The number of nitrogens with one attached hydrogen (secondary N) is 1. The Kier molecular flexibility index (Phi) is 3.78. The van der Waals surface area contributed by atoms with E-state index in [1.807, 2.05) is 6.07 Å². The van der Waals surface area contributed by atoms with E-state index in [0.717, 1.165) is 0 Å². The average molecular weight is 273 g/mol. The van der Waals surface area contributed by atoms with E-state index in [1.165, 1.54) is 18.4 Å². The molecule has 5 nitrogen and oxygen atoms in total. The average Bonchev–Trinajstić information content (AvgIpc) is 2.85. The van der Waals surface area contributed by atoms with Crippen molar-refractivity contribution in [3.05, 3.63) is 39.8 Å². The quantitative estimate of drug-likeness (QED) is 0.932. The van der Waals surface area contributed by atoms with E-state index >= 15 is 0 Å². The lowest BCUT2D eigenvalue weighted by Crippen LogP contribution is -2.13. The van der Waals surface area contributed by atoms with E-state index in [0.29, 0.717) is 27.6 Å². The van der Waals surface area contributed by atoms with Crippen LogP contribution in [0.4, 0.5) is 5.69 Å². The molecule has 6 heteroatoms. The van der Waals surface area contributed by atoms with Gasteiger partial charge in [-0.25, -0.2) is 4.98 Å². The lowest BCUT2D eigenvalue weighted by atomic mass is 10.1. The van der Waals surface area contributed by atoms with Crippen molar-refractivity contribution >= 4 is 22.9 Å². The number of hydrogen-bond acceptors (Lipinski definition) is 5. The fraction of sp³-hybridized carbons (Fsp3) is 0.154. The normalized spacial score (nSPS) is 9.74. The van der Waals surface area contributed by atoms with Gasteiger partial charge in [-0.2, -0.15) is 5.26 Å². The SMILES string of the molecule is COc1cccc(C#N)c1NC(=O)c1scnc1C. The highest BCUT2D eigenvalue weighted by Gasteiger charge is 2.16. The number of carbonyl (C=O) groups excluding carboxylic acids is 1. The molecule has 19 heavy (non-hydrogen) atoms. The summed E-state index contributed by atoms with van der Waals surface area (Å²) in [6, 6.07) is 7.04. The summed E-state index contributed by atoms with van der Waals surface area (Å²) in [7, 11) is 1.49. The lowest BCUT2D eigenvalue weighted by Gasteiger charge is -2.11. The number of para-hydroxylation sites is 1. The molecule has 0 saturated heterocycles. The van der Waals surface area contributed by atoms with Crippen LogP contribution in [0.1, 0.15) is 20.9 Å². The van der Waals surface area contributed by atoms with Crippen LogP contribution < -0.4 is 10.1 Å². The Hall–Kier alpha value is -2.39. The molecule has 0 saturated carbocycles. The Balaban J connectivity index is 2.36. The second-order valence-corrected chi connectivity index (χ2v) is 4.57. The number of aryl methyl sites for hydroxylation is 1. The maximum atomic E-state index is 12.1. The number of thiazole rings is 1. The number of amides is 1. The molecule has 1 aromatic carbocycles. The number of anilines is 1. The van der Waals surface area contributed by atoms with Gasteiger partial charge in [0.2, 0.25) is 0 Å². The van der Waals surface area contributed by atoms with Crippen LogP contribution in [-0.4, -0.2) is 18.0 Å². The Labute approximate surface area is 114 Å². The first kappa shape index (κ1) is 13.1. The standard InChI is InChI=1S/C13H11N3O2S/c1-8-12(19-7-15-8)13(17)16-11-9(6-14)4-3-5-10(11)18-2/h3-5,7H,1-2H3,(H,16,17). The number of benzene rings is 1. The summed E-state index contributed by atoms with van der Waals surface area (Å²) in [4.78, 5) is 16.7. The maximum absolute atomic E-state index is 12.1. The van der Waals surface area contributed by atoms with Gasteiger partial charge in [-0.3, -0.25) is 4.79 Å². The van der Waals surface area contributed by atoms with Crippen LogP contribution in [0.15, 0.2) is 23.7 Å². The summed E-state index contributed by atoms with van der Waals surface area (Å²) in [5.41, 5.74) is 3.01. The monoisotopic (exact) mass is 273 g/mol. The van der Waals surface area contributed by atoms with Crippen molar-refractivity contribution in [2.75, 3.05) is 12.4 Å². The Morgan fingerprint density at radius 2 is 2.32 bits per heavy atom. The van der Waals surface area contributed by atoms with E-state index < -0.39 is 0 Å². The van der Waals surface area contributed by atoms with Gasteiger partial charge < -0.3 is 10.1 Å². The van der Waals surface area contributed by atoms with E-state index in [9.17, 15) is 4.79 Å². The fourth-order valence-electron chi connectivity index (χ4n) is 1.61. The summed E-state index contributed by atoms with van der Waals surface area (Å²) in [5.74, 6) is 0.163. The summed E-state index contributed by atoms with van der Waals surface area (Å²) >= 11 is 1.26. The molecule has 1 aromatic heterocycles. The molecule has 96 valence electrons. The van der Waals surface area contributed by atoms with Gasteiger partial charge in [0.05, 0.1) is 23.9 Å².